The molecule has 0 aliphatic rings. The van der Waals surface area contributed by atoms with Gasteiger partial charge in [0.15, 0.2) is 0 Å². The van der Waals surface area contributed by atoms with Crippen molar-refractivity contribution in [3.8, 4) is 0 Å². The highest BCUT2D eigenvalue weighted by molar-refractivity contribution is 9.10. The number of hydrogen-bond donors (Lipinski definition) is 1. The smallest absolute Gasteiger partial charge is 0.255 e. The Morgan fingerprint density at radius 2 is 1.45 bits per heavy atom. The monoisotopic (exact) mass is 450 g/mol. The summed E-state index contributed by atoms with van der Waals surface area (Å²) >= 11 is 3.43. The predicted octanol–water partition coefficient (Wildman–Crippen LogP) is 5.52. The molecule has 29 heavy (non-hydrogen) atoms. The summed E-state index contributed by atoms with van der Waals surface area (Å²) in [6.07, 6.45) is 0. The largest absolute Gasteiger partial charge is 0.326 e. The number of anilines is 1. The zero-order valence-electron chi connectivity index (χ0n) is 16.6. The molecule has 1 unspecified atom stereocenters. The third-order valence-corrected chi connectivity index (χ3v) is 5.60. The van der Waals surface area contributed by atoms with Gasteiger partial charge in [-0.1, -0.05) is 60.7 Å². The van der Waals surface area contributed by atoms with Gasteiger partial charge in [0.25, 0.3) is 11.8 Å². The van der Waals surface area contributed by atoms with Crippen LogP contribution in [0.25, 0.3) is 0 Å². The number of halogens is 1. The van der Waals surface area contributed by atoms with E-state index in [0.29, 0.717) is 10.0 Å². The molecule has 0 aliphatic carbocycles. The van der Waals surface area contributed by atoms with Crippen molar-refractivity contribution < 1.29 is 9.59 Å². The maximum atomic E-state index is 13.4. The summed E-state index contributed by atoms with van der Waals surface area (Å²) in [5.41, 5.74) is 3.99. The van der Waals surface area contributed by atoms with E-state index in [9.17, 15) is 9.59 Å². The molecule has 3 aromatic rings. The minimum absolute atomic E-state index is 0.233. The van der Waals surface area contributed by atoms with Crippen molar-refractivity contribution in [3.05, 3.63) is 99.5 Å². The molecule has 3 aromatic carbocycles. The molecule has 0 aliphatic heterocycles. The van der Waals surface area contributed by atoms with Gasteiger partial charge in [-0.05, 0) is 58.6 Å². The molecule has 0 radical (unpaired) electrons. The summed E-state index contributed by atoms with van der Waals surface area (Å²) in [6.45, 7) is 3.91. The number of amides is 2. The maximum Gasteiger partial charge on any atom is 0.255 e. The Morgan fingerprint density at radius 3 is 2.07 bits per heavy atom. The molecule has 0 spiro atoms. The molecule has 1 atom stereocenters. The lowest BCUT2D eigenvalue weighted by Crippen LogP contribution is -2.39. The first-order chi connectivity index (χ1) is 13.9. The van der Waals surface area contributed by atoms with Crippen LogP contribution >= 0.6 is 15.9 Å². The lowest BCUT2D eigenvalue weighted by atomic mass is 10.0. The average Bonchev–Trinajstić information content (AvgIpc) is 2.71. The van der Waals surface area contributed by atoms with E-state index < -0.39 is 6.04 Å². The number of carbonyl (C=O) groups excluding carboxylic acids is 2. The lowest BCUT2D eigenvalue weighted by Gasteiger charge is -2.28. The Kier molecular flexibility index (Phi) is 6.49. The quantitative estimate of drug-likeness (QED) is 0.556. The Hall–Kier alpha value is -2.92. The zero-order valence-corrected chi connectivity index (χ0v) is 18.2. The van der Waals surface area contributed by atoms with Gasteiger partial charge in [-0.25, -0.2) is 0 Å². The number of likely N-dealkylation sites (N-methyl/N-ethyl adjacent to an activating group) is 1. The molecule has 0 fully saturated rings. The molecule has 3 rings (SSSR count). The van der Waals surface area contributed by atoms with Gasteiger partial charge in [-0.15, -0.1) is 0 Å². The summed E-state index contributed by atoms with van der Waals surface area (Å²) in [6, 6.07) is 21.7. The number of nitrogens with zero attached hydrogens (tertiary/aromatic N) is 1. The lowest BCUT2D eigenvalue weighted by molar-refractivity contribution is -0.120. The van der Waals surface area contributed by atoms with Gasteiger partial charge >= 0.3 is 0 Å². The first-order valence-corrected chi connectivity index (χ1v) is 10.1. The van der Waals surface area contributed by atoms with E-state index in [1.165, 1.54) is 4.90 Å². The van der Waals surface area contributed by atoms with Crippen LogP contribution in [0.3, 0.4) is 0 Å². The van der Waals surface area contributed by atoms with Gasteiger partial charge in [0.2, 0.25) is 0 Å². The third-order valence-electron chi connectivity index (χ3n) is 4.90. The molecule has 0 saturated carbocycles. The van der Waals surface area contributed by atoms with Crippen molar-refractivity contribution in [2.45, 2.75) is 19.9 Å². The van der Waals surface area contributed by atoms with E-state index in [0.717, 1.165) is 22.4 Å². The van der Waals surface area contributed by atoms with Crippen molar-refractivity contribution in [1.29, 1.82) is 0 Å². The van der Waals surface area contributed by atoms with Crippen LogP contribution in [-0.2, 0) is 4.79 Å². The van der Waals surface area contributed by atoms with E-state index in [4.69, 9.17) is 0 Å². The van der Waals surface area contributed by atoms with Crippen molar-refractivity contribution in [2.75, 3.05) is 12.4 Å². The van der Waals surface area contributed by atoms with Crippen LogP contribution in [-0.4, -0.2) is 23.8 Å². The molecule has 0 bridgehead atoms. The highest BCUT2D eigenvalue weighted by Gasteiger charge is 2.30. The average molecular weight is 451 g/mol. The van der Waals surface area contributed by atoms with Crippen molar-refractivity contribution in [3.63, 3.8) is 0 Å². The normalized spacial score (nSPS) is 11.6. The van der Waals surface area contributed by atoms with Crippen LogP contribution in [0, 0.1) is 13.8 Å². The van der Waals surface area contributed by atoms with E-state index in [1.807, 2.05) is 74.5 Å². The Labute approximate surface area is 179 Å². The highest BCUT2D eigenvalue weighted by atomic mass is 79.9. The maximum absolute atomic E-state index is 13.4. The van der Waals surface area contributed by atoms with Gasteiger partial charge in [-0.3, -0.25) is 9.59 Å². The fourth-order valence-corrected chi connectivity index (χ4v) is 3.79. The first-order valence-electron chi connectivity index (χ1n) is 9.34. The summed E-state index contributed by atoms with van der Waals surface area (Å²) < 4.78 is 0.693. The fourth-order valence-electron chi connectivity index (χ4n) is 3.33. The second-order valence-corrected chi connectivity index (χ2v) is 7.82. The van der Waals surface area contributed by atoms with Crippen LogP contribution in [0.1, 0.15) is 33.1 Å². The Bertz CT molecular complexity index is 1010. The van der Waals surface area contributed by atoms with Gasteiger partial charge < -0.3 is 10.2 Å². The summed E-state index contributed by atoms with van der Waals surface area (Å²) in [4.78, 5) is 28.0. The minimum atomic E-state index is -0.769. The Morgan fingerprint density at radius 1 is 0.862 bits per heavy atom. The van der Waals surface area contributed by atoms with Crippen LogP contribution in [0.15, 0.2) is 77.3 Å². The zero-order chi connectivity index (χ0) is 21.0. The molecular weight excluding hydrogens is 428 g/mol. The van der Waals surface area contributed by atoms with E-state index >= 15 is 0 Å². The van der Waals surface area contributed by atoms with Gasteiger partial charge in [-0.2, -0.15) is 0 Å². The van der Waals surface area contributed by atoms with Gasteiger partial charge in [0.1, 0.15) is 6.04 Å². The molecule has 1 N–H and O–H groups in total. The molecule has 5 heteroatoms. The topological polar surface area (TPSA) is 49.4 Å². The molecule has 4 nitrogen and oxygen atoms in total. The number of benzene rings is 3. The van der Waals surface area contributed by atoms with Crippen molar-refractivity contribution >= 4 is 33.4 Å². The number of para-hydroxylation sites is 1. The molecule has 0 heterocycles. The fraction of sp³-hybridized carbons (Fsp3) is 0.167. The number of hydrogen-bond acceptors (Lipinski definition) is 2. The van der Waals surface area contributed by atoms with Crippen LogP contribution in [0.2, 0.25) is 0 Å². The second kappa shape index (κ2) is 9.05. The first kappa shape index (κ1) is 20.8. The number of rotatable bonds is 5. The van der Waals surface area contributed by atoms with Crippen LogP contribution in [0.5, 0.6) is 0 Å². The SMILES string of the molecule is Cc1cccc(C)c1NC(=O)C(c1ccccc1)N(C)C(=O)c1ccccc1Br. The second-order valence-electron chi connectivity index (χ2n) is 6.97. The standard InChI is InChI=1S/C24H23BrN2O2/c1-16-10-9-11-17(2)21(16)26-23(28)22(18-12-5-4-6-13-18)27(3)24(29)19-14-7-8-15-20(19)25/h4-15,22H,1-3H3,(H,26,28). The number of aryl methyl sites for hydroxylation is 2. The van der Waals surface area contributed by atoms with E-state index in [1.54, 1.807) is 19.2 Å². The van der Waals surface area contributed by atoms with E-state index in [2.05, 4.69) is 21.2 Å². The minimum Gasteiger partial charge on any atom is -0.326 e. The Balaban J connectivity index is 1.98. The molecule has 148 valence electrons. The molecule has 0 saturated heterocycles. The number of carbonyl (C=O) groups is 2. The summed E-state index contributed by atoms with van der Waals surface area (Å²) in [5.74, 6) is -0.487. The summed E-state index contributed by atoms with van der Waals surface area (Å²) in [5, 5.41) is 3.03. The molecular formula is C24H23BrN2O2. The third kappa shape index (κ3) is 4.57. The summed E-state index contributed by atoms with van der Waals surface area (Å²) in [7, 11) is 1.66. The van der Waals surface area contributed by atoms with Crippen LogP contribution in [0.4, 0.5) is 5.69 Å². The predicted molar refractivity (Wildman–Crippen MR) is 120 cm³/mol. The molecule has 0 aromatic heterocycles. The number of nitrogens with one attached hydrogen (secondary N) is 1. The van der Waals surface area contributed by atoms with Gasteiger partial charge in [0.05, 0.1) is 5.56 Å². The van der Waals surface area contributed by atoms with Crippen molar-refractivity contribution in [1.82, 2.24) is 4.90 Å². The van der Waals surface area contributed by atoms with Gasteiger partial charge in [0, 0.05) is 17.2 Å². The molecule has 2 amide bonds. The van der Waals surface area contributed by atoms with Crippen LogP contribution < -0.4 is 5.32 Å². The van der Waals surface area contributed by atoms with Crippen molar-refractivity contribution in [2.24, 2.45) is 0 Å². The highest BCUT2D eigenvalue weighted by Crippen LogP contribution is 2.27. The van der Waals surface area contributed by atoms with E-state index in [-0.39, 0.29) is 11.8 Å².